The van der Waals surface area contributed by atoms with Crippen molar-refractivity contribution < 1.29 is 28.7 Å². The third-order valence-electron chi connectivity index (χ3n) is 10.4. The molecular weight excluding hydrogens is 688 g/mol. The largest absolute Gasteiger partial charge is 0.453 e. The molecule has 14 heteroatoms. The minimum atomic E-state index is -0.687. The highest BCUT2D eigenvalue weighted by Crippen LogP contribution is 2.35. The second-order valence-corrected chi connectivity index (χ2v) is 14.6. The van der Waals surface area contributed by atoms with Crippen LogP contribution < -0.4 is 10.6 Å². The molecule has 0 aliphatic carbocycles. The summed E-state index contributed by atoms with van der Waals surface area (Å²) in [4.78, 5) is 70.7. The maximum atomic E-state index is 13.5. The number of benzene rings is 2. The molecule has 4 N–H and O–H groups in total. The number of amides is 4. The monoisotopic (exact) mass is 738 g/mol. The number of nitrogens with zero attached hydrogens (tertiary/aromatic N) is 4. The first-order chi connectivity index (χ1) is 26.0. The Morgan fingerprint density at radius 1 is 0.630 bits per heavy atom. The van der Waals surface area contributed by atoms with Crippen LogP contribution >= 0.6 is 0 Å². The number of aromatic amines is 2. The number of rotatable bonds is 11. The SMILES string of the molecule is COC(=O)NC(C(=O)N1CCC[C@@H]1c1ncc(-c2ccc(-c3ccc(-c4cnc([C@@H]5CCCN5C(=O)C(NC(=O)OC)C(C)C)[nH]4)cc3)cc2)[nH]1)C(C)C. The Morgan fingerprint density at radius 2 is 0.981 bits per heavy atom. The van der Waals surface area contributed by atoms with Crippen LogP contribution in [0.5, 0.6) is 0 Å². The van der Waals surface area contributed by atoms with Crippen LogP contribution in [0.4, 0.5) is 9.59 Å². The van der Waals surface area contributed by atoms with Gasteiger partial charge in [-0.15, -0.1) is 0 Å². The fraction of sp³-hybridized carbons (Fsp3) is 0.450. The van der Waals surface area contributed by atoms with Crippen molar-refractivity contribution in [1.29, 1.82) is 0 Å². The predicted octanol–water partition coefficient (Wildman–Crippen LogP) is 6.22. The summed E-state index contributed by atoms with van der Waals surface area (Å²) in [6.07, 6.45) is 5.61. The van der Waals surface area contributed by atoms with E-state index < -0.39 is 24.3 Å². The number of aromatic nitrogens is 4. The number of methoxy groups -OCH3 is 2. The molecule has 2 aliphatic heterocycles. The smallest absolute Gasteiger partial charge is 0.407 e. The number of hydrogen-bond donors (Lipinski definition) is 4. The summed E-state index contributed by atoms with van der Waals surface area (Å²) < 4.78 is 9.50. The van der Waals surface area contributed by atoms with Gasteiger partial charge in [-0.3, -0.25) is 9.59 Å². The first-order valence-electron chi connectivity index (χ1n) is 18.6. The van der Waals surface area contributed by atoms with Crippen molar-refractivity contribution in [2.24, 2.45) is 11.8 Å². The zero-order chi connectivity index (χ0) is 38.5. The lowest BCUT2D eigenvalue weighted by atomic mass is 10.0. The number of imidazole rings is 2. The minimum Gasteiger partial charge on any atom is -0.453 e. The van der Waals surface area contributed by atoms with Gasteiger partial charge in [0, 0.05) is 13.1 Å². The van der Waals surface area contributed by atoms with Gasteiger partial charge >= 0.3 is 12.2 Å². The summed E-state index contributed by atoms with van der Waals surface area (Å²) >= 11 is 0. The van der Waals surface area contributed by atoms with Gasteiger partial charge in [0.1, 0.15) is 23.7 Å². The molecule has 286 valence electrons. The molecule has 2 aliphatic rings. The molecule has 0 radical (unpaired) electrons. The quantitative estimate of drug-likeness (QED) is 0.140. The minimum absolute atomic E-state index is 0.104. The van der Waals surface area contributed by atoms with E-state index in [1.54, 1.807) is 22.2 Å². The molecule has 0 spiro atoms. The Kier molecular flexibility index (Phi) is 11.7. The maximum absolute atomic E-state index is 13.5. The van der Waals surface area contributed by atoms with Gasteiger partial charge in [-0.1, -0.05) is 76.2 Å². The van der Waals surface area contributed by atoms with Gasteiger partial charge in [-0.25, -0.2) is 19.6 Å². The Bertz CT molecular complexity index is 1800. The van der Waals surface area contributed by atoms with E-state index in [0.29, 0.717) is 13.1 Å². The highest BCUT2D eigenvalue weighted by Gasteiger charge is 2.39. The molecule has 4 atom stereocenters. The van der Waals surface area contributed by atoms with E-state index in [4.69, 9.17) is 9.47 Å². The lowest BCUT2D eigenvalue weighted by Crippen LogP contribution is -2.51. The van der Waals surface area contributed by atoms with Gasteiger partial charge in [-0.2, -0.15) is 0 Å². The number of carbonyl (C=O) groups excluding carboxylic acids is 4. The zero-order valence-corrected chi connectivity index (χ0v) is 31.7. The van der Waals surface area contributed by atoms with Crippen LogP contribution in [0, 0.1) is 11.8 Å². The molecule has 4 amide bonds. The predicted molar refractivity (Wildman–Crippen MR) is 203 cm³/mol. The van der Waals surface area contributed by atoms with Crippen molar-refractivity contribution in [3.05, 3.63) is 72.6 Å². The van der Waals surface area contributed by atoms with Gasteiger partial charge < -0.3 is 39.9 Å². The molecule has 2 fully saturated rings. The summed E-state index contributed by atoms with van der Waals surface area (Å²) in [6, 6.07) is 14.7. The Balaban J connectivity index is 1.11. The maximum Gasteiger partial charge on any atom is 0.407 e. The van der Waals surface area contributed by atoms with Crippen LogP contribution in [0.2, 0.25) is 0 Å². The highest BCUT2D eigenvalue weighted by atomic mass is 16.5. The van der Waals surface area contributed by atoms with E-state index in [9.17, 15) is 19.2 Å². The number of carbonyl (C=O) groups is 4. The van der Waals surface area contributed by atoms with Crippen LogP contribution in [0.25, 0.3) is 33.6 Å². The topological polar surface area (TPSA) is 175 Å². The van der Waals surface area contributed by atoms with Gasteiger partial charge in [0.05, 0.1) is 50.1 Å². The Labute approximate surface area is 315 Å². The average Bonchev–Trinajstić information content (AvgIpc) is 4.02. The normalized spacial score (nSPS) is 18.1. The standard InChI is InChI=1S/C40H50N8O6/c1-23(2)33(45-39(51)53-5)37(49)47-19-7-9-31(47)35-41-21-29(43-35)27-15-11-25(12-16-27)26-13-17-28(18-14-26)30-22-42-36(44-30)32-10-8-20-48(32)38(50)34(24(3)4)46-40(52)54-6/h11-18,21-24,31-34H,7-10,19-20H2,1-6H3,(H,41,43)(H,42,44)(H,45,51)(H,46,52)/t31-,32+,33?,34?. The van der Waals surface area contributed by atoms with Crippen molar-refractivity contribution in [3.8, 4) is 33.6 Å². The van der Waals surface area contributed by atoms with E-state index in [1.807, 2.05) is 52.0 Å². The van der Waals surface area contributed by atoms with Crippen LogP contribution in [0.3, 0.4) is 0 Å². The zero-order valence-electron chi connectivity index (χ0n) is 31.7. The second-order valence-electron chi connectivity index (χ2n) is 14.6. The van der Waals surface area contributed by atoms with E-state index >= 15 is 0 Å². The number of nitrogens with one attached hydrogen (secondary N) is 4. The first-order valence-corrected chi connectivity index (χ1v) is 18.6. The summed E-state index contributed by atoms with van der Waals surface area (Å²) in [5, 5.41) is 5.38. The Morgan fingerprint density at radius 3 is 1.31 bits per heavy atom. The van der Waals surface area contributed by atoms with Crippen molar-refractivity contribution in [3.63, 3.8) is 0 Å². The number of alkyl carbamates (subject to hydrolysis) is 2. The molecule has 2 unspecified atom stereocenters. The summed E-state index contributed by atoms with van der Waals surface area (Å²) in [7, 11) is 2.58. The molecule has 6 rings (SSSR count). The molecule has 0 saturated carbocycles. The van der Waals surface area contributed by atoms with Gasteiger partial charge in [0.2, 0.25) is 11.8 Å². The number of ether oxygens (including phenoxy) is 2. The molecule has 54 heavy (non-hydrogen) atoms. The summed E-state index contributed by atoms with van der Waals surface area (Å²) in [5.41, 5.74) is 5.78. The van der Waals surface area contributed by atoms with Crippen LogP contribution in [0.15, 0.2) is 60.9 Å². The van der Waals surface area contributed by atoms with E-state index in [1.165, 1.54) is 14.2 Å². The van der Waals surface area contributed by atoms with Gasteiger partial charge in [0.25, 0.3) is 0 Å². The van der Waals surface area contributed by atoms with E-state index in [0.717, 1.165) is 71.0 Å². The van der Waals surface area contributed by atoms with E-state index in [-0.39, 0.29) is 35.7 Å². The van der Waals surface area contributed by atoms with Crippen LogP contribution in [-0.4, -0.2) is 93.1 Å². The molecule has 2 saturated heterocycles. The molecule has 14 nitrogen and oxygen atoms in total. The first kappa shape index (κ1) is 38.1. The average molecular weight is 739 g/mol. The molecule has 2 aromatic carbocycles. The van der Waals surface area contributed by atoms with Crippen molar-refractivity contribution in [2.75, 3.05) is 27.3 Å². The lowest BCUT2D eigenvalue weighted by Gasteiger charge is -2.30. The highest BCUT2D eigenvalue weighted by molar-refractivity contribution is 5.87. The summed E-state index contributed by atoms with van der Waals surface area (Å²) in [6.45, 7) is 8.78. The third-order valence-corrected chi connectivity index (χ3v) is 10.4. The second kappa shape index (κ2) is 16.6. The summed E-state index contributed by atoms with van der Waals surface area (Å²) in [5.74, 6) is 0.955. The van der Waals surface area contributed by atoms with Crippen molar-refractivity contribution in [2.45, 2.75) is 77.5 Å². The van der Waals surface area contributed by atoms with Crippen LogP contribution in [-0.2, 0) is 19.1 Å². The molecule has 4 heterocycles. The third kappa shape index (κ3) is 8.12. The van der Waals surface area contributed by atoms with Crippen molar-refractivity contribution >= 4 is 24.0 Å². The fourth-order valence-corrected chi connectivity index (χ4v) is 7.38. The Hall–Kier alpha value is -5.66. The van der Waals surface area contributed by atoms with Gasteiger partial charge in [0.15, 0.2) is 0 Å². The molecule has 0 bridgehead atoms. The number of hydrogen-bond acceptors (Lipinski definition) is 8. The fourth-order valence-electron chi connectivity index (χ4n) is 7.38. The van der Waals surface area contributed by atoms with Gasteiger partial charge in [-0.05, 0) is 59.8 Å². The molecular formula is C40H50N8O6. The lowest BCUT2D eigenvalue weighted by molar-refractivity contribution is -0.136. The van der Waals surface area contributed by atoms with Crippen molar-refractivity contribution in [1.82, 2.24) is 40.4 Å². The van der Waals surface area contributed by atoms with Crippen LogP contribution in [0.1, 0.15) is 77.1 Å². The number of H-pyrrole nitrogens is 2. The van der Waals surface area contributed by atoms with E-state index in [2.05, 4.69) is 54.8 Å². The number of likely N-dealkylation sites (tertiary alicyclic amines) is 2. The molecule has 4 aromatic rings. The molecule has 2 aromatic heterocycles.